The molecular weight excluding hydrogens is 354 g/mol. The van der Waals surface area contributed by atoms with Gasteiger partial charge in [-0.1, -0.05) is 18.1 Å². The summed E-state index contributed by atoms with van der Waals surface area (Å²) >= 11 is 0. The highest BCUT2D eigenvalue weighted by Crippen LogP contribution is 2.38. The lowest BCUT2D eigenvalue weighted by Gasteiger charge is -2.23. The van der Waals surface area contributed by atoms with Gasteiger partial charge in [0.25, 0.3) is 0 Å². The number of terminal acetylenes is 1. The molecule has 140 valence electrons. The number of amides is 1. The molecule has 28 heavy (non-hydrogen) atoms. The van der Waals surface area contributed by atoms with Crippen molar-refractivity contribution in [2.75, 3.05) is 19.0 Å². The second kappa shape index (κ2) is 7.49. The first kappa shape index (κ1) is 17.7. The van der Waals surface area contributed by atoms with E-state index in [1.54, 1.807) is 13.4 Å². The van der Waals surface area contributed by atoms with E-state index in [0.717, 1.165) is 22.7 Å². The van der Waals surface area contributed by atoms with Crippen LogP contribution in [0.25, 0.3) is 5.69 Å². The number of hydrogen-bond acceptors (Lipinski definition) is 4. The summed E-state index contributed by atoms with van der Waals surface area (Å²) in [5.41, 5.74) is 2.68. The van der Waals surface area contributed by atoms with Crippen LogP contribution in [-0.4, -0.2) is 29.2 Å². The SMILES string of the molecule is C#CCOc1cccc(C2CC(=O)Nc3c2ncn3-c2ccc(OC)cc2)c1. The minimum absolute atomic E-state index is 0.0530. The summed E-state index contributed by atoms with van der Waals surface area (Å²) in [6.07, 6.45) is 7.32. The maximum atomic E-state index is 12.4. The molecule has 1 aliphatic rings. The van der Waals surface area contributed by atoms with Crippen LogP contribution in [0.2, 0.25) is 0 Å². The van der Waals surface area contributed by atoms with Gasteiger partial charge in [-0.15, -0.1) is 6.42 Å². The third-order valence-corrected chi connectivity index (χ3v) is 4.71. The van der Waals surface area contributed by atoms with E-state index in [9.17, 15) is 4.79 Å². The Bertz CT molecular complexity index is 1050. The zero-order chi connectivity index (χ0) is 19.5. The van der Waals surface area contributed by atoms with Crippen LogP contribution >= 0.6 is 0 Å². The Labute approximate surface area is 163 Å². The summed E-state index contributed by atoms with van der Waals surface area (Å²) in [6.45, 7) is 0.200. The highest BCUT2D eigenvalue weighted by Gasteiger charge is 2.31. The molecule has 2 heterocycles. The maximum Gasteiger partial charge on any atom is 0.226 e. The number of imidazole rings is 1. The zero-order valence-electron chi connectivity index (χ0n) is 15.4. The molecule has 1 N–H and O–H groups in total. The summed E-state index contributed by atoms with van der Waals surface area (Å²) in [5, 5.41) is 2.96. The summed E-state index contributed by atoms with van der Waals surface area (Å²) in [5.74, 6) is 4.38. The average Bonchev–Trinajstić information content (AvgIpc) is 3.15. The first-order valence-corrected chi connectivity index (χ1v) is 8.87. The number of fused-ring (bicyclic) bond motifs is 1. The first-order chi connectivity index (χ1) is 13.7. The molecule has 6 nitrogen and oxygen atoms in total. The van der Waals surface area contributed by atoms with E-state index in [-0.39, 0.29) is 18.4 Å². The van der Waals surface area contributed by atoms with E-state index in [0.29, 0.717) is 18.0 Å². The molecule has 1 aromatic heterocycles. The van der Waals surface area contributed by atoms with Crippen molar-refractivity contribution >= 4 is 11.7 Å². The van der Waals surface area contributed by atoms with Gasteiger partial charge in [-0.3, -0.25) is 9.36 Å². The topological polar surface area (TPSA) is 65.4 Å². The van der Waals surface area contributed by atoms with E-state index in [2.05, 4.69) is 16.2 Å². The van der Waals surface area contributed by atoms with Crippen molar-refractivity contribution in [1.29, 1.82) is 0 Å². The Hall–Kier alpha value is -3.72. The standard InChI is InChI=1S/C22H19N3O3/c1-3-11-28-18-6-4-5-15(12-18)19-13-20(26)24-22-21(19)23-14-25(22)16-7-9-17(27-2)10-8-16/h1,4-10,12,14,19H,11,13H2,2H3,(H,24,26). The number of aromatic nitrogens is 2. The van der Waals surface area contributed by atoms with Crippen molar-refractivity contribution < 1.29 is 14.3 Å². The van der Waals surface area contributed by atoms with Crippen molar-refractivity contribution in [3.8, 4) is 29.5 Å². The van der Waals surface area contributed by atoms with Crippen LogP contribution in [0.5, 0.6) is 11.5 Å². The number of nitrogens with zero attached hydrogens (tertiary/aromatic N) is 2. The van der Waals surface area contributed by atoms with Gasteiger partial charge < -0.3 is 14.8 Å². The van der Waals surface area contributed by atoms with Crippen LogP contribution in [0.3, 0.4) is 0 Å². The fourth-order valence-electron chi connectivity index (χ4n) is 3.37. The molecule has 0 saturated heterocycles. The summed E-state index contributed by atoms with van der Waals surface area (Å²) in [7, 11) is 1.63. The monoisotopic (exact) mass is 373 g/mol. The molecule has 1 amide bonds. The van der Waals surface area contributed by atoms with Crippen molar-refractivity contribution in [3.63, 3.8) is 0 Å². The predicted octanol–water partition coefficient (Wildman–Crippen LogP) is 3.37. The Morgan fingerprint density at radius 1 is 1.25 bits per heavy atom. The summed E-state index contributed by atoms with van der Waals surface area (Å²) < 4.78 is 12.6. The lowest BCUT2D eigenvalue weighted by molar-refractivity contribution is -0.116. The lowest BCUT2D eigenvalue weighted by Crippen LogP contribution is -2.24. The van der Waals surface area contributed by atoms with Crippen molar-refractivity contribution in [2.45, 2.75) is 12.3 Å². The van der Waals surface area contributed by atoms with Crippen LogP contribution in [0.4, 0.5) is 5.82 Å². The quantitative estimate of drug-likeness (QED) is 0.697. The number of anilines is 1. The molecular formula is C22H19N3O3. The highest BCUT2D eigenvalue weighted by molar-refractivity contribution is 5.94. The van der Waals surface area contributed by atoms with E-state index in [1.807, 2.05) is 53.1 Å². The van der Waals surface area contributed by atoms with Crippen LogP contribution in [-0.2, 0) is 4.79 Å². The largest absolute Gasteiger partial charge is 0.497 e. The lowest BCUT2D eigenvalue weighted by atomic mass is 9.89. The van der Waals surface area contributed by atoms with Gasteiger partial charge >= 0.3 is 0 Å². The molecule has 0 fully saturated rings. The second-order valence-corrected chi connectivity index (χ2v) is 6.42. The van der Waals surface area contributed by atoms with E-state index in [4.69, 9.17) is 15.9 Å². The molecule has 0 bridgehead atoms. The Balaban J connectivity index is 1.71. The van der Waals surface area contributed by atoms with Gasteiger partial charge in [0.1, 0.15) is 30.3 Å². The van der Waals surface area contributed by atoms with Gasteiger partial charge in [-0.05, 0) is 42.0 Å². The number of methoxy groups -OCH3 is 1. The molecule has 6 heteroatoms. The summed E-state index contributed by atoms with van der Waals surface area (Å²) in [6, 6.07) is 15.2. The van der Waals surface area contributed by atoms with E-state index in [1.165, 1.54) is 0 Å². The molecule has 0 radical (unpaired) electrons. The van der Waals surface area contributed by atoms with Crippen LogP contribution in [0, 0.1) is 12.3 Å². The van der Waals surface area contributed by atoms with Gasteiger partial charge in [-0.25, -0.2) is 4.98 Å². The van der Waals surface area contributed by atoms with Gasteiger partial charge in [0.15, 0.2) is 0 Å². The third-order valence-electron chi connectivity index (χ3n) is 4.71. The Morgan fingerprint density at radius 3 is 2.82 bits per heavy atom. The molecule has 3 aromatic rings. The van der Waals surface area contributed by atoms with Gasteiger partial charge in [0.2, 0.25) is 5.91 Å². The fraction of sp³-hybridized carbons (Fsp3) is 0.182. The zero-order valence-corrected chi connectivity index (χ0v) is 15.4. The van der Waals surface area contributed by atoms with Gasteiger partial charge in [0, 0.05) is 18.0 Å². The molecule has 0 spiro atoms. The molecule has 4 rings (SSSR count). The minimum atomic E-state index is -0.155. The smallest absolute Gasteiger partial charge is 0.226 e. The Kier molecular flexibility index (Phi) is 4.73. The number of carbonyl (C=O) groups excluding carboxylic acids is 1. The van der Waals surface area contributed by atoms with Crippen LogP contribution in [0.15, 0.2) is 54.9 Å². The molecule has 1 aliphatic heterocycles. The number of nitrogens with one attached hydrogen (secondary N) is 1. The van der Waals surface area contributed by atoms with E-state index < -0.39 is 0 Å². The Morgan fingerprint density at radius 2 is 2.07 bits per heavy atom. The maximum absolute atomic E-state index is 12.4. The predicted molar refractivity (Wildman–Crippen MR) is 106 cm³/mol. The third kappa shape index (κ3) is 3.30. The number of ether oxygens (including phenoxy) is 2. The average molecular weight is 373 g/mol. The summed E-state index contributed by atoms with van der Waals surface area (Å²) in [4.78, 5) is 17.0. The number of rotatable bonds is 5. The van der Waals surface area contributed by atoms with Crippen LogP contribution in [0.1, 0.15) is 23.6 Å². The van der Waals surface area contributed by atoms with Crippen molar-refractivity contribution in [3.05, 3.63) is 66.1 Å². The number of hydrogen-bond donors (Lipinski definition) is 1. The molecule has 0 saturated carbocycles. The minimum Gasteiger partial charge on any atom is -0.497 e. The van der Waals surface area contributed by atoms with Crippen molar-refractivity contribution in [1.82, 2.24) is 9.55 Å². The highest BCUT2D eigenvalue weighted by atomic mass is 16.5. The van der Waals surface area contributed by atoms with E-state index >= 15 is 0 Å². The van der Waals surface area contributed by atoms with Crippen LogP contribution < -0.4 is 14.8 Å². The molecule has 2 aromatic carbocycles. The number of carbonyl (C=O) groups is 1. The molecule has 0 aliphatic carbocycles. The molecule has 1 unspecified atom stereocenters. The fourth-order valence-corrected chi connectivity index (χ4v) is 3.37. The normalized spacial score (nSPS) is 15.3. The van der Waals surface area contributed by atoms with Gasteiger partial charge in [0.05, 0.1) is 12.8 Å². The number of benzene rings is 2. The van der Waals surface area contributed by atoms with Crippen molar-refractivity contribution in [2.24, 2.45) is 0 Å². The van der Waals surface area contributed by atoms with Gasteiger partial charge in [-0.2, -0.15) is 0 Å². The first-order valence-electron chi connectivity index (χ1n) is 8.87. The second-order valence-electron chi connectivity index (χ2n) is 6.42. The molecule has 1 atom stereocenters.